The quantitative estimate of drug-likeness (QED) is 0.639. The Bertz CT molecular complexity index is 682. The first-order chi connectivity index (χ1) is 10.9. The molecule has 22 heavy (non-hydrogen) atoms. The van der Waals surface area contributed by atoms with Gasteiger partial charge in [-0.3, -0.25) is 4.98 Å². The third-order valence-electron chi connectivity index (χ3n) is 3.40. The minimum atomic E-state index is 0.647. The lowest BCUT2D eigenvalue weighted by atomic mass is 10.1. The third-order valence-corrected chi connectivity index (χ3v) is 3.40. The van der Waals surface area contributed by atoms with Crippen molar-refractivity contribution >= 4 is 0 Å². The number of rotatable bonds is 6. The van der Waals surface area contributed by atoms with Crippen LogP contribution >= 0.6 is 0 Å². The highest BCUT2D eigenvalue weighted by atomic mass is 16.5. The van der Waals surface area contributed by atoms with Crippen molar-refractivity contribution in [2.24, 2.45) is 0 Å². The van der Waals surface area contributed by atoms with Gasteiger partial charge in [-0.15, -0.1) is 0 Å². The molecule has 0 spiro atoms. The number of benzene rings is 1. The second-order valence-electron chi connectivity index (χ2n) is 5.02. The number of nitrogens with zero attached hydrogens (tertiary/aromatic N) is 2. The van der Waals surface area contributed by atoms with E-state index in [0.717, 1.165) is 29.7 Å². The molecule has 3 nitrogen and oxygen atoms in total. The van der Waals surface area contributed by atoms with Crippen molar-refractivity contribution in [3.63, 3.8) is 0 Å². The predicted octanol–water partition coefficient (Wildman–Crippen LogP) is 4.16. The average molecular weight is 290 g/mol. The van der Waals surface area contributed by atoms with E-state index < -0.39 is 0 Å². The number of aryl methyl sites for hydroxylation is 1. The van der Waals surface area contributed by atoms with Gasteiger partial charge in [0.2, 0.25) is 5.88 Å². The number of pyridine rings is 2. The Morgan fingerprint density at radius 2 is 1.64 bits per heavy atom. The van der Waals surface area contributed by atoms with Crippen molar-refractivity contribution in [3.05, 3.63) is 78.8 Å². The van der Waals surface area contributed by atoms with Crippen LogP contribution in [0.25, 0.3) is 11.1 Å². The van der Waals surface area contributed by atoms with Gasteiger partial charge in [-0.1, -0.05) is 36.4 Å². The maximum atomic E-state index is 5.68. The molecule has 3 rings (SSSR count). The Labute approximate surface area is 130 Å². The van der Waals surface area contributed by atoms with E-state index in [1.807, 2.05) is 60.9 Å². The molecule has 0 radical (unpaired) electrons. The standard InChI is InChI=1S/C19H18N2O/c1-2-7-16(8-3-1)17-11-12-19(21-15-17)22-14-6-10-18-9-4-5-13-20-18/h1-5,7-9,11-13,15H,6,10,14H2. The van der Waals surface area contributed by atoms with Gasteiger partial charge in [0.25, 0.3) is 0 Å². The minimum absolute atomic E-state index is 0.647. The molecule has 0 atom stereocenters. The molecule has 0 bridgehead atoms. The van der Waals surface area contributed by atoms with Crippen LogP contribution in [0.2, 0.25) is 0 Å². The first-order valence-corrected chi connectivity index (χ1v) is 7.46. The summed E-state index contributed by atoms with van der Waals surface area (Å²) < 4.78 is 5.68. The normalized spacial score (nSPS) is 10.4. The predicted molar refractivity (Wildman–Crippen MR) is 87.7 cm³/mol. The van der Waals surface area contributed by atoms with Gasteiger partial charge >= 0.3 is 0 Å². The van der Waals surface area contributed by atoms with Crippen molar-refractivity contribution < 1.29 is 4.74 Å². The molecule has 0 aliphatic heterocycles. The molecule has 0 aliphatic rings. The van der Waals surface area contributed by atoms with Crippen LogP contribution < -0.4 is 4.74 Å². The molecule has 0 saturated carbocycles. The SMILES string of the molecule is c1ccc(-c2ccc(OCCCc3ccccn3)nc2)cc1. The highest BCUT2D eigenvalue weighted by Crippen LogP contribution is 2.19. The monoisotopic (exact) mass is 290 g/mol. The maximum Gasteiger partial charge on any atom is 0.213 e. The van der Waals surface area contributed by atoms with E-state index in [1.54, 1.807) is 0 Å². The minimum Gasteiger partial charge on any atom is -0.478 e. The Morgan fingerprint density at radius 1 is 0.773 bits per heavy atom. The summed E-state index contributed by atoms with van der Waals surface area (Å²) in [6.07, 6.45) is 5.52. The van der Waals surface area contributed by atoms with E-state index in [9.17, 15) is 0 Å². The van der Waals surface area contributed by atoms with Crippen molar-refractivity contribution in [3.8, 4) is 17.0 Å². The lowest BCUT2D eigenvalue weighted by Crippen LogP contribution is -2.01. The summed E-state index contributed by atoms with van der Waals surface area (Å²) in [5.41, 5.74) is 3.36. The number of hydrogen-bond donors (Lipinski definition) is 0. The van der Waals surface area contributed by atoms with Crippen LogP contribution in [0.3, 0.4) is 0 Å². The van der Waals surface area contributed by atoms with Crippen LogP contribution in [0.4, 0.5) is 0 Å². The van der Waals surface area contributed by atoms with Crippen molar-refractivity contribution in [1.29, 1.82) is 0 Å². The van der Waals surface area contributed by atoms with E-state index in [4.69, 9.17) is 4.74 Å². The highest BCUT2D eigenvalue weighted by Gasteiger charge is 2.00. The van der Waals surface area contributed by atoms with Gasteiger partial charge in [0.05, 0.1) is 6.61 Å². The van der Waals surface area contributed by atoms with Gasteiger partial charge < -0.3 is 4.74 Å². The Morgan fingerprint density at radius 3 is 2.36 bits per heavy atom. The maximum absolute atomic E-state index is 5.68. The number of ether oxygens (including phenoxy) is 1. The Balaban J connectivity index is 1.49. The Hall–Kier alpha value is -2.68. The molecule has 2 heterocycles. The molecule has 3 heteroatoms. The summed E-state index contributed by atoms with van der Waals surface area (Å²) >= 11 is 0. The van der Waals surface area contributed by atoms with Crippen molar-refractivity contribution in [1.82, 2.24) is 9.97 Å². The molecule has 110 valence electrons. The van der Waals surface area contributed by atoms with E-state index >= 15 is 0 Å². The molecular formula is C19H18N2O. The summed E-state index contributed by atoms with van der Waals surface area (Å²) in [6, 6.07) is 20.1. The molecule has 0 aliphatic carbocycles. The molecule has 0 N–H and O–H groups in total. The van der Waals surface area contributed by atoms with Crippen LogP contribution in [-0.2, 0) is 6.42 Å². The largest absolute Gasteiger partial charge is 0.478 e. The van der Waals surface area contributed by atoms with Gasteiger partial charge in [-0.05, 0) is 36.6 Å². The van der Waals surface area contributed by atoms with E-state index in [2.05, 4.69) is 22.1 Å². The molecule has 3 aromatic rings. The van der Waals surface area contributed by atoms with Gasteiger partial charge in [0.1, 0.15) is 0 Å². The van der Waals surface area contributed by atoms with Gasteiger partial charge in [-0.2, -0.15) is 0 Å². The first kappa shape index (κ1) is 14.3. The number of aromatic nitrogens is 2. The molecule has 0 fully saturated rings. The number of hydrogen-bond acceptors (Lipinski definition) is 3. The fourth-order valence-electron chi connectivity index (χ4n) is 2.24. The van der Waals surface area contributed by atoms with Crippen LogP contribution in [0, 0.1) is 0 Å². The summed E-state index contributed by atoms with van der Waals surface area (Å²) in [4.78, 5) is 8.66. The van der Waals surface area contributed by atoms with Crippen LogP contribution in [-0.4, -0.2) is 16.6 Å². The van der Waals surface area contributed by atoms with E-state index in [1.165, 1.54) is 0 Å². The lowest BCUT2D eigenvalue weighted by Gasteiger charge is -2.06. The van der Waals surface area contributed by atoms with Crippen LogP contribution in [0.15, 0.2) is 73.1 Å². The van der Waals surface area contributed by atoms with Gasteiger partial charge in [-0.25, -0.2) is 4.98 Å². The second-order valence-corrected chi connectivity index (χ2v) is 5.02. The third kappa shape index (κ3) is 3.92. The molecule has 0 unspecified atom stereocenters. The fraction of sp³-hybridized carbons (Fsp3) is 0.158. The summed E-state index contributed by atoms with van der Waals surface area (Å²) in [5.74, 6) is 0.667. The first-order valence-electron chi connectivity index (χ1n) is 7.46. The molecule has 0 saturated heterocycles. The topological polar surface area (TPSA) is 35.0 Å². The van der Waals surface area contributed by atoms with Crippen LogP contribution in [0.5, 0.6) is 5.88 Å². The van der Waals surface area contributed by atoms with Gasteiger partial charge in [0.15, 0.2) is 0 Å². The highest BCUT2D eigenvalue weighted by molar-refractivity contribution is 5.62. The summed E-state index contributed by atoms with van der Waals surface area (Å²) in [7, 11) is 0. The molecule has 0 amide bonds. The Kier molecular flexibility index (Phi) is 4.77. The van der Waals surface area contributed by atoms with Crippen LogP contribution in [0.1, 0.15) is 12.1 Å². The van der Waals surface area contributed by atoms with E-state index in [0.29, 0.717) is 12.5 Å². The summed E-state index contributed by atoms with van der Waals surface area (Å²) in [6.45, 7) is 0.647. The zero-order chi connectivity index (χ0) is 15.0. The second kappa shape index (κ2) is 7.36. The lowest BCUT2D eigenvalue weighted by molar-refractivity contribution is 0.299. The fourth-order valence-corrected chi connectivity index (χ4v) is 2.24. The zero-order valence-corrected chi connectivity index (χ0v) is 12.4. The van der Waals surface area contributed by atoms with Crippen molar-refractivity contribution in [2.75, 3.05) is 6.61 Å². The molecule has 2 aromatic heterocycles. The van der Waals surface area contributed by atoms with Crippen molar-refractivity contribution in [2.45, 2.75) is 12.8 Å². The summed E-state index contributed by atoms with van der Waals surface area (Å²) in [5, 5.41) is 0. The van der Waals surface area contributed by atoms with Gasteiger partial charge in [0, 0.05) is 29.7 Å². The average Bonchev–Trinajstić information content (AvgIpc) is 2.61. The van der Waals surface area contributed by atoms with E-state index in [-0.39, 0.29) is 0 Å². The zero-order valence-electron chi connectivity index (χ0n) is 12.4. The smallest absolute Gasteiger partial charge is 0.213 e. The molecule has 1 aromatic carbocycles. The molecular weight excluding hydrogens is 272 g/mol.